The first kappa shape index (κ1) is 14.5. The van der Waals surface area contributed by atoms with Crippen molar-refractivity contribution in [3.63, 3.8) is 0 Å². The Morgan fingerprint density at radius 1 is 1.42 bits per heavy atom. The number of hydrogen-bond acceptors (Lipinski definition) is 5. The van der Waals surface area contributed by atoms with Crippen LogP contribution in [0.3, 0.4) is 0 Å². The summed E-state index contributed by atoms with van der Waals surface area (Å²) in [7, 11) is -3.60. The zero-order chi connectivity index (χ0) is 13.9. The normalized spacial score (nSPS) is 16.9. The molecule has 0 unspecified atom stereocenters. The predicted octanol–water partition coefficient (Wildman–Crippen LogP) is 1.55. The van der Waals surface area contributed by atoms with Gasteiger partial charge in [0, 0.05) is 12.6 Å². The molecule has 1 aliphatic carbocycles. The van der Waals surface area contributed by atoms with E-state index >= 15 is 0 Å². The molecule has 7 heteroatoms. The molecule has 0 amide bonds. The Bertz CT molecular complexity index is 568. The van der Waals surface area contributed by atoms with Crippen molar-refractivity contribution in [2.45, 2.75) is 35.9 Å². The minimum absolute atomic E-state index is 0.0233. The first-order valence-corrected chi connectivity index (χ1v) is 8.48. The largest absolute Gasteiger partial charge is 0.395 e. The topological polar surface area (TPSA) is 81.4 Å². The Labute approximate surface area is 117 Å². The fourth-order valence-electron chi connectivity index (χ4n) is 2.42. The van der Waals surface area contributed by atoms with Gasteiger partial charge in [0.2, 0.25) is 0 Å². The first-order chi connectivity index (χ1) is 9.09. The molecule has 0 atom stereocenters. The van der Waals surface area contributed by atoms with Gasteiger partial charge in [-0.25, -0.2) is 8.42 Å². The monoisotopic (exact) mass is 300 g/mol. The quantitative estimate of drug-likeness (QED) is 0.894. The molecule has 0 aromatic carbocycles. The molecule has 1 heterocycles. The van der Waals surface area contributed by atoms with E-state index in [0.29, 0.717) is 4.88 Å². The van der Waals surface area contributed by atoms with Gasteiger partial charge in [-0.05, 0) is 25.0 Å². The summed E-state index contributed by atoms with van der Waals surface area (Å²) in [6.45, 7) is -0.0704. The summed E-state index contributed by atoms with van der Waals surface area (Å²) < 4.78 is 26.7. The minimum atomic E-state index is -3.60. The van der Waals surface area contributed by atoms with Gasteiger partial charge in [0.1, 0.15) is 15.2 Å². The van der Waals surface area contributed by atoms with Gasteiger partial charge in [0.05, 0.1) is 6.61 Å². The third kappa shape index (κ3) is 2.98. The number of hydrogen-bond donors (Lipinski definition) is 1. The van der Waals surface area contributed by atoms with Crippen LogP contribution in [0.5, 0.6) is 0 Å². The highest BCUT2D eigenvalue weighted by Crippen LogP contribution is 2.31. The van der Waals surface area contributed by atoms with E-state index in [1.165, 1.54) is 16.4 Å². The number of aliphatic hydroxyl groups excluding tert-OH is 1. The number of nitriles is 1. The fourth-order valence-corrected chi connectivity index (χ4v) is 5.33. The lowest BCUT2D eigenvalue weighted by Crippen LogP contribution is -2.40. The van der Waals surface area contributed by atoms with Crippen molar-refractivity contribution < 1.29 is 13.5 Å². The summed E-state index contributed by atoms with van der Waals surface area (Å²) in [5.41, 5.74) is 0. The zero-order valence-corrected chi connectivity index (χ0v) is 12.1. The Hall–Kier alpha value is -0.940. The second-order valence-electron chi connectivity index (χ2n) is 4.51. The second-order valence-corrected chi connectivity index (χ2v) is 7.71. The van der Waals surface area contributed by atoms with Crippen LogP contribution < -0.4 is 0 Å². The predicted molar refractivity (Wildman–Crippen MR) is 72.3 cm³/mol. The molecule has 1 N–H and O–H groups in total. The number of rotatable bonds is 5. The number of sulfonamides is 1. The van der Waals surface area contributed by atoms with Gasteiger partial charge in [0.15, 0.2) is 0 Å². The molecule has 0 spiro atoms. The third-order valence-electron chi connectivity index (χ3n) is 3.31. The molecular weight excluding hydrogens is 284 g/mol. The maximum absolute atomic E-state index is 12.6. The van der Waals surface area contributed by atoms with Gasteiger partial charge in [-0.15, -0.1) is 11.3 Å². The molecule has 5 nitrogen and oxygen atoms in total. The van der Waals surface area contributed by atoms with E-state index < -0.39 is 10.0 Å². The van der Waals surface area contributed by atoms with Crippen molar-refractivity contribution in [1.29, 1.82) is 5.26 Å². The van der Waals surface area contributed by atoms with Gasteiger partial charge in [-0.1, -0.05) is 12.8 Å². The first-order valence-electron chi connectivity index (χ1n) is 6.22. The van der Waals surface area contributed by atoms with Crippen LogP contribution in [0.25, 0.3) is 0 Å². The standard InChI is InChI=1S/C12H16N2O3S2/c13-9-11-5-6-12(18-11)19(16,17)14(7-8-15)10-3-1-2-4-10/h5-6,10,15H,1-4,7-8H2. The molecule has 0 saturated heterocycles. The van der Waals surface area contributed by atoms with Crippen LogP contribution in [-0.4, -0.2) is 37.0 Å². The highest BCUT2D eigenvalue weighted by atomic mass is 32.2. The molecule has 1 aromatic heterocycles. The van der Waals surface area contributed by atoms with E-state index in [1.807, 2.05) is 6.07 Å². The lowest BCUT2D eigenvalue weighted by Gasteiger charge is -2.26. The summed E-state index contributed by atoms with van der Waals surface area (Å²) in [4.78, 5) is 0.383. The van der Waals surface area contributed by atoms with E-state index in [0.717, 1.165) is 37.0 Å². The molecule has 1 fully saturated rings. The number of aliphatic hydroxyl groups is 1. The maximum atomic E-state index is 12.6. The average Bonchev–Trinajstić information content (AvgIpc) is 3.06. The summed E-state index contributed by atoms with van der Waals surface area (Å²) in [6.07, 6.45) is 3.73. The van der Waals surface area contributed by atoms with E-state index in [9.17, 15) is 8.42 Å². The van der Waals surface area contributed by atoms with Crippen molar-refractivity contribution in [2.24, 2.45) is 0 Å². The number of thiophene rings is 1. The van der Waals surface area contributed by atoms with Crippen molar-refractivity contribution in [2.75, 3.05) is 13.2 Å². The van der Waals surface area contributed by atoms with Crippen LogP contribution in [0.2, 0.25) is 0 Å². The van der Waals surface area contributed by atoms with Crippen molar-refractivity contribution in [1.82, 2.24) is 4.31 Å². The van der Waals surface area contributed by atoms with Gasteiger partial charge in [-0.3, -0.25) is 0 Å². The Balaban J connectivity index is 2.30. The van der Waals surface area contributed by atoms with Gasteiger partial charge < -0.3 is 5.11 Å². The van der Waals surface area contributed by atoms with E-state index in [4.69, 9.17) is 10.4 Å². The molecule has 0 bridgehead atoms. The Kier molecular flexibility index (Phi) is 4.58. The van der Waals surface area contributed by atoms with Gasteiger partial charge in [0.25, 0.3) is 10.0 Å². The lowest BCUT2D eigenvalue weighted by atomic mass is 10.2. The van der Waals surface area contributed by atoms with Crippen molar-refractivity contribution in [3.05, 3.63) is 17.0 Å². The fraction of sp³-hybridized carbons (Fsp3) is 0.583. The summed E-state index contributed by atoms with van der Waals surface area (Å²) >= 11 is 0.980. The zero-order valence-electron chi connectivity index (χ0n) is 10.4. The molecule has 1 saturated carbocycles. The molecule has 0 aliphatic heterocycles. The summed E-state index contributed by atoms with van der Waals surface area (Å²) in [5, 5.41) is 17.9. The molecule has 0 radical (unpaired) electrons. The molecule has 2 rings (SSSR count). The lowest BCUT2D eigenvalue weighted by molar-refractivity contribution is 0.226. The van der Waals surface area contributed by atoms with Crippen LogP contribution in [0.1, 0.15) is 30.6 Å². The molecule has 1 aromatic rings. The Morgan fingerprint density at radius 2 is 2.11 bits per heavy atom. The minimum Gasteiger partial charge on any atom is -0.395 e. The Morgan fingerprint density at radius 3 is 2.63 bits per heavy atom. The van der Waals surface area contributed by atoms with Crippen molar-refractivity contribution >= 4 is 21.4 Å². The average molecular weight is 300 g/mol. The summed E-state index contributed by atoms with van der Waals surface area (Å²) in [6, 6.07) is 4.91. The highest BCUT2D eigenvalue weighted by Gasteiger charge is 2.33. The van der Waals surface area contributed by atoms with Crippen molar-refractivity contribution in [3.8, 4) is 6.07 Å². The smallest absolute Gasteiger partial charge is 0.252 e. The van der Waals surface area contributed by atoms with Crippen LogP contribution in [-0.2, 0) is 10.0 Å². The molecular formula is C12H16N2O3S2. The molecule has 1 aliphatic rings. The van der Waals surface area contributed by atoms with Crippen LogP contribution >= 0.6 is 11.3 Å². The number of nitrogens with zero attached hydrogens (tertiary/aromatic N) is 2. The maximum Gasteiger partial charge on any atom is 0.252 e. The van der Waals surface area contributed by atoms with Crippen LogP contribution in [0, 0.1) is 11.3 Å². The van der Waals surface area contributed by atoms with E-state index in [2.05, 4.69) is 0 Å². The van der Waals surface area contributed by atoms with Gasteiger partial charge >= 0.3 is 0 Å². The third-order valence-corrected chi connectivity index (χ3v) is 6.72. The van der Waals surface area contributed by atoms with Gasteiger partial charge in [-0.2, -0.15) is 9.57 Å². The van der Waals surface area contributed by atoms with Crippen LogP contribution in [0.15, 0.2) is 16.3 Å². The van der Waals surface area contributed by atoms with E-state index in [1.54, 1.807) is 0 Å². The summed E-state index contributed by atoms with van der Waals surface area (Å²) in [5.74, 6) is 0. The molecule has 19 heavy (non-hydrogen) atoms. The van der Waals surface area contributed by atoms with Crippen LogP contribution in [0.4, 0.5) is 0 Å². The highest BCUT2D eigenvalue weighted by molar-refractivity contribution is 7.91. The second kappa shape index (κ2) is 6.01. The molecule has 104 valence electrons. The SMILES string of the molecule is N#Cc1ccc(S(=O)(=O)N(CCO)C2CCCC2)s1. The van der Waals surface area contributed by atoms with E-state index in [-0.39, 0.29) is 23.4 Å².